The van der Waals surface area contributed by atoms with Crippen LogP contribution in [0.15, 0.2) is 30.3 Å². The average Bonchev–Trinajstić information content (AvgIpc) is 2.92. The number of hydrogen-bond acceptors (Lipinski definition) is 2. The zero-order valence-electron chi connectivity index (χ0n) is 14.5. The number of likely N-dealkylation sites (tertiary alicyclic amines) is 1. The molecule has 128 valence electrons. The van der Waals surface area contributed by atoms with E-state index in [1.165, 1.54) is 6.07 Å². The van der Waals surface area contributed by atoms with Gasteiger partial charge in [-0.05, 0) is 38.3 Å². The van der Waals surface area contributed by atoms with Gasteiger partial charge in [0.25, 0.3) is 5.91 Å². The first-order valence-corrected chi connectivity index (χ1v) is 8.68. The molecule has 1 aliphatic rings. The molecule has 2 heterocycles. The van der Waals surface area contributed by atoms with Crippen molar-refractivity contribution in [3.8, 4) is 0 Å². The molecule has 1 aromatic carbocycles. The normalized spacial score (nSPS) is 17.2. The predicted molar refractivity (Wildman–Crippen MR) is 91.4 cm³/mol. The van der Waals surface area contributed by atoms with Crippen LogP contribution in [0.4, 0.5) is 4.39 Å². The van der Waals surface area contributed by atoms with Crippen LogP contribution in [0.1, 0.15) is 66.9 Å². The van der Waals surface area contributed by atoms with Crippen molar-refractivity contribution in [1.82, 2.24) is 14.7 Å². The molecule has 1 aromatic heterocycles. The molecule has 24 heavy (non-hydrogen) atoms. The lowest BCUT2D eigenvalue weighted by Gasteiger charge is -2.41. The van der Waals surface area contributed by atoms with Crippen LogP contribution in [-0.2, 0) is 0 Å². The third kappa shape index (κ3) is 2.83. The highest BCUT2D eigenvalue weighted by Crippen LogP contribution is 2.35. The van der Waals surface area contributed by atoms with Gasteiger partial charge in [0.2, 0.25) is 0 Å². The van der Waals surface area contributed by atoms with Crippen molar-refractivity contribution in [1.29, 1.82) is 0 Å². The van der Waals surface area contributed by atoms with Crippen LogP contribution in [-0.4, -0.2) is 27.1 Å². The highest BCUT2D eigenvalue weighted by atomic mass is 19.1. The molecule has 0 saturated carbocycles. The summed E-state index contributed by atoms with van der Waals surface area (Å²) in [6, 6.07) is 8.66. The second-order valence-corrected chi connectivity index (χ2v) is 6.41. The molecule has 0 radical (unpaired) electrons. The van der Waals surface area contributed by atoms with Gasteiger partial charge in [-0.3, -0.25) is 9.48 Å². The van der Waals surface area contributed by atoms with Gasteiger partial charge in [-0.1, -0.05) is 32.0 Å². The molecule has 0 spiro atoms. The number of carbonyl (C=O) groups is 1. The monoisotopic (exact) mass is 329 g/mol. The summed E-state index contributed by atoms with van der Waals surface area (Å²) in [4.78, 5) is 14.5. The standard InChI is InChI=1S/C19H24FN3O/c1-4-14(5-2)23-13(3)12-17(21-23)19(24)22-11-10-18(22)15-8-6-7-9-16(15)20/h6-9,12,14,18H,4-5,10-11H2,1-3H3/t18-/m1/s1. The summed E-state index contributed by atoms with van der Waals surface area (Å²) in [7, 11) is 0. The van der Waals surface area contributed by atoms with E-state index in [4.69, 9.17) is 0 Å². The quantitative estimate of drug-likeness (QED) is 0.821. The van der Waals surface area contributed by atoms with Gasteiger partial charge in [0.15, 0.2) is 5.69 Å². The summed E-state index contributed by atoms with van der Waals surface area (Å²) in [5.74, 6) is -0.360. The Balaban J connectivity index is 1.82. The minimum atomic E-state index is -0.251. The van der Waals surface area contributed by atoms with Crippen LogP contribution >= 0.6 is 0 Å². The van der Waals surface area contributed by atoms with Crippen molar-refractivity contribution in [3.05, 3.63) is 53.1 Å². The second kappa shape index (κ2) is 6.75. The number of rotatable bonds is 5. The summed E-state index contributed by atoms with van der Waals surface area (Å²) in [6.07, 6.45) is 2.75. The highest BCUT2D eigenvalue weighted by Gasteiger charge is 2.36. The van der Waals surface area contributed by atoms with Gasteiger partial charge in [-0.15, -0.1) is 0 Å². The number of halogens is 1. The van der Waals surface area contributed by atoms with Gasteiger partial charge in [-0.2, -0.15) is 5.10 Å². The summed E-state index contributed by atoms with van der Waals surface area (Å²) < 4.78 is 16.0. The van der Waals surface area contributed by atoms with E-state index >= 15 is 0 Å². The largest absolute Gasteiger partial charge is 0.330 e. The second-order valence-electron chi connectivity index (χ2n) is 6.41. The Morgan fingerprint density at radius 3 is 2.62 bits per heavy atom. The average molecular weight is 329 g/mol. The fourth-order valence-corrected chi connectivity index (χ4v) is 3.44. The van der Waals surface area contributed by atoms with Crippen molar-refractivity contribution in [2.24, 2.45) is 0 Å². The minimum absolute atomic E-state index is 0.109. The van der Waals surface area contributed by atoms with E-state index in [9.17, 15) is 9.18 Å². The van der Waals surface area contributed by atoms with Crippen LogP contribution in [0.5, 0.6) is 0 Å². The maximum atomic E-state index is 14.0. The van der Waals surface area contributed by atoms with Crippen LogP contribution < -0.4 is 0 Å². The van der Waals surface area contributed by atoms with E-state index in [1.54, 1.807) is 17.0 Å². The first-order valence-electron chi connectivity index (χ1n) is 8.68. The molecule has 1 atom stereocenters. The lowest BCUT2D eigenvalue weighted by Crippen LogP contribution is -2.45. The van der Waals surface area contributed by atoms with Gasteiger partial charge in [0.05, 0.1) is 12.1 Å². The van der Waals surface area contributed by atoms with E-state index in [-0.39, 0.29) is 17.8 Å². The van der Waals surface area contributed by atoms with Crippen LogP contribution in [0, 0.1) is 12.7 Å². The topological polar surface area (TPSA) is 38.1 Å². The molecule has 1 saturated heterocycles. The third-order valence-corrected chi connectivity index (χ3v) is 4.97. The number of carbonyl (C=O) groups excluding carboxylic acids is 1. The van der Waals surface area contributed by atoms with E-state index in [2.05, 4.69) is 18.9 Å². The van der Waals surface area contributed by atoms with Gasteiger partial charge in [-0.25, -0.2) is 4.39 Å². The van der Waals surface area contributed by atoms with Gasteiger partial charge in [0, 0.05) is 17.8 Å². The van der Waals surface area contributed by atoms with E-state index in [0.29, 0.717) is 23.8 Å². The Morgan fingerprint density at radius 1 is 1.33 bits per heavy atom. The Hall–Kier alpha value is -2.17. The molecule has 1 aliphatic heterocycles. The molecule has 0 N–H and O–H groups in total. The Labute approximate surface area is 142 Å². The highest BCUT2D eigenvalue weighted by molar-refractivity contribution is 5.93. The molecular formula is C19H24FN3O. The lowest BCUT2D eigenvalue weighted by molar-refractivity contribution is 0.0445. The first-order chi connectivity index (χ1) is 11.6. The SMILES string of the molecule is CCC(CC)n1nc(C(=O)N2CC[C@@H]2c2ccccc2F)cc1C. The van der Waals surface area contributed by atoms with Gasteiger partial charge < -0.3 is 4.90 Å². The summed E-state index contributed by atoms with van der Waals surface area (Å²) in [5.41, 5.74) is 2.05. The molecule has 0 unspecified atom stereocenters. The molecule has 3 rings (SSSR count). The lowest BCUT2D eigenvalue weighted by atomic mass is 9.94. The maximum absolute atomic E-state index is 14.0. The van der Waals surface area contributed by atoms with Gasteiger partial charge >= 0.3 is 0 Å². The molecule has 4 nitrogen and oxygen atoms in total. The summed E-state index contributed by atoms with van der Waals surface area (Å²) in [5, 5.41) is 4.54. The van der Waals surface area contributed by atoms with Crippen molar-refractivity contribution in [3.63, 3.8) is 0 Å². The minimum Gasteiger partial charge on any atom is -0.330 e. The third-order valence-electron chi connectivity index (χ3n) is 4.97. The summed E-state index contributed by atoms with van der Waals surface area (Å²) >= 11 is 0. The van der Waals surface area contributed by atoms with E-state index in [1.807, 2.05) is 23.7 Å². The van der Waals surface area contributed by atoms with Crippen LogP contribution in [0.3, 0.4) is 0 Å². The predicted octanol–water partition coefficient (Wildman–Crippen LogP) is 4.28. The van der Waals surface area contributed by atoms with Crippen LogP contribution in [0.25, 0.3) is 0 Å². The number of aromatic nitrogens is 2. The van der Waals surface area contributed by atoms with Crippen molar-refractivity contribution < 1.29 is 9.18 Å². The number of hydrogen-bond donors (Lipinski definition) is 0. The number of aryl methyl sites for hydroxylation is 1. The smallest absolute Gasteiger partial charge is 0.274 e. The van der Waals surface area contributed by atoms with Gasteiger partial charge in [0.1, 0.15) is 5.82 Å². The zero-order chi connectivity index (χ0) is 17.3. The Kier molecular flexibility index (Phi) is 4.69. The zero-order valence-corrected chi connectivity index (χ0v) is 14.5. The molecule has 0 aliphatic carbocycles. The number of amides is 1. The fraction of sp³-hybridized carbons (Fsp3) is 0.474. The fourth-order valence-electron chi connectivity index (χ4n) is 3.44. The molecule has 0 bridgehead atoms. The Morgan fingerprint density at radius 2 is 2.04 bits per heavy atom. The molecule has 5 heteroatoms. The van der Waals surface area contributed by atoms with Crippen molar-refractivity contribution in [2.45, 2.75) is 52.1 Å². The van der Waals surface area contributed by atoms with Crippen LogP contribution in [0.2, 0.25) is 0 Å². The molecule has 1 fully saturated rings. The number of nitrogens with zero attached hydrogens (tertiary/aromatic N) is 3. The Bertz CT molecular complexity index is 736. The molecular weight excluding hydrogens is 305 g/mol. The molecule has 2 aromatic rings. The maximum Gasteiger partial charge on any atom is 0.274 e. The van der Waals surface area contributed by atoms with E-state index in [0.717, 1.165) is 25.0 Å². The van der Waals surface area contributed by atoms with E-state index < -0.39 is 0 Å². The summed E-state index contributed by atoms with van der Waals surface area (Å²) in [6.45, 7) is 6.88. The van der Waals surface area contributed by atoms with Crippen molar-refractivity contribution >= 4 is 5.91 Å². The first kappa shape index (κ1) is 16.7. The number of benzene rings is 1. The molecule has 1 amide bonds. The van der Waals surface area contributed by atoms with Crippen molar-refractivity contribution in [2.75, 3.05) is 6.54 Å².